The highest BCUT2D eigenvalue weighted by molar-refractivity contribution is 5.92. The molecule has 67 heavy (non-hydrogen) atoms. The van der Waals surface area contributed by atoms with Crippen molar-refractivity contribution in [2.24, 2.45) is 17.3 Å². The first kappa shape index (κ1) is 48.2. The molecule has 3 heterocycles. The van der Waals surface area contributed by atoms with Crippen molar-refractivity contribution in [2.45, 2.75) is 115 Å². The number of aliphatic hydroxyl groups is 1. The summed E-state index contributed by atoms with van der Waals surface area (Å²) in [6, 6.07) is 17.8. The molecule has 356 valence electrons. The van der Waals surface area contributed by atoms with Gasteiger partial charge >= 0.3 is 47.8 Å². The van der Waals surface area contributed by atoms with Gasteiger partial charge in [-0.2, -0.15) is 0 Å². The average Bonchev–Trinajstić information content (AvgIpc) is 3.51. The van der Waals surface area contributed by atoms with Crippen LogP contribution in [0.15, 0.2) is 79.0 Å². The van der Waals surface area contributed by atoms with Crippen LogP contribution in [0.5, 0.6) is 0 Å². The summed E-state index contributed by atoms with van der Waals surface area (Å²) in [7, 11) is 0. The van der Waals surface area contributed by atoms with Crippen molar-refractivity contribution < 1.29 is 86.1 Å². The number of esters is 8. The standard InChI is InChI=1S/C48H51NO18/c1-24-25(2)41(54)65-38-36(62-28(5)52)40(66-43(56)31-18-13-10-14-19-31)47(23-59-26(3)50)39(63-29(6)53)35(61-27(4)51)33-37(64-42(55)30-16-11-9-12-17-30)48(47,46(38,8)58)67-45(33,7)22-60-44(57)32-20-15-21-49-34(24)32/h9-21,24-25,33,35-40,58H,22-23H2,1-8H3/t24-,25+,33-,35-,36-,37-,38+,39-,40+,45+,46+,47-,48-/m1/s1. The van der Waals surface area contributed by atoms with E-state index in [4.69, 9.17) is 42.6 Å². The number of aromatic nitrogens is 1. The molecule has 2 aliphatic carbocycles. The second kappa shape index (κ2) is 18.2. The molecule has 19 heteroatoms. The highest BCUT2D eigenvalue weighted by Gasteiger charge is 2.92. The largest absolute Gasteiger partial charge is 0.465 e. The van der Waals surface area contributed by atoms with Crippen LogP contribution in [-0.4, -0.2) is 124 Å². The molecule has 4 aliphatic rings. The van der Waals surface area contributed by atoms with Crippen LogP contribution < -0.4 is 0 Å². The molecule has 1 N–H and O–H groups in total. The maximum atomic E-state index is 14.8. The number of hydrogen-bond acceptors (Lipinski definition) is 19. The summed E-state index contributed by atoms with van der Waals surface area (Å²) in [5.74, 6) is -12.1. The number of cyclic esters (lactones) is 1. The summed E-state index contributed by atoms with van der Waals surface area (Å²) in [6.45, 7) is 7.66. The van der Waals surface area contributed by atoms with Crippen molar-refractivity contribution in [2.75, 3.05) is 13.2 Å². The zero-order valence-corrected chi connectivity index (χ0v) is 38.0. The lowest BCUT2D eigenvalue weighted by atomic mass is 9.45. The van der Waals surface area contributed by atoms with Crippen molar-refractivity contribution in [3.63, 3.8) is 0 Å². The molecule has 13 atom stereocenters. The van der Waals surface area contributed by atoms with Gasteiger partial charge in [-0.25, -0.2) is 14.4 Å². The number of carbonyl (C=O) groups is 8. The zero-order valence-electron chi connectivity index (χ0n) is 38.0. The van der Waals surface area contributed by atoms with E-state index in [9.17, 15) is 43.5 Å². The quantitative estimate of drug-likeness (QED) is 0.238. The molecule has 0 radical (unpaired) electrons. The Balaban J connectivity index is 1.65. The van der Waals surface area contributed by atoms with Crippen LogP contribution in [0.4, 0.5) is 0 Å². The van der Waals surface area contributed by atoms with Gasteiger partial charge in [-0.15, -0.1) is 0 Å². The van der Waals surface area contributed by atoms with E-state index in [1.54, 1.807) is 31.2 Å². The third kappa shape index (κ3) is 8.17. The lowest BCUT2D eigenvalue weighted by Gasteiger charge is -2.67. The van der Waals surface area contributed by atoms with Gasteiger partial charge < -0.3 is 47.7 Å². The Morgan fingerprint density at radius 1 is 0.687 bits per heavy atom. The Hall–Kier alpha value is -6.73. The molecule has 2 aromatic carbocycles. The average molecular weight is 930 g/mol. The van der Waals surface area contributed by atoms with E-state index in [0.717, 1.165) is 34.6 Å². The fourth-order valence-electron chi connectivity index (χ4n) is 10.4. The van der Waals surface area contributed by atoms with E-state index in [1.165, 1.54) is 68.6 Å². The molecule has 1 saturated heterocycles. The van der Waals surface area contributed by atoms with Crippen molar-refractivity contribution in [1.82, 2.24) is 4.98 Å². The number of ether oxygens (including phenoxy) is 9. The van der Waals surface area contributed by atoms with E-state index in [2.05, 4.69) is 4.98 Å². The minimum absolute atomic E-state index is 0.0377. The van der Waals surface area contributed by atoms with Crippen LogP contribution >= 0.6 is 0 Å². The topological polar surface area (TPSA) is 253 Å². The van der Waals surface area contributed by atoms with Gasteiger partial charge in [-0.1, -0.05) is 50.2 Å². The molecule has 0 unspecified atom stereocenters. The minimum Gasteiger partial charge on any atom is -0.465 e. The van der Waals surface area contributed by atoms with Crippen molar-refractivity contribution >= 4 is 47.8 Å². The normalized spacial score (nSPS) is 34.1. The maximum absolute atomic E-state index is 14.8. The molecule has 1 aromatic heterocycles. The molecule has 4 bridgehead atoms. The Labute approximate surface area is 384 Å². The summed E-state index contributed by atoms with van der Waals surface area (Å²) in [5, 5.41) is 13.9. The van der Waals surface area contributed by atoms with Crippen molar-refractivity contribution in [1.29, 1.82) is 0 Å². The number of pyridine rings is 1. The van der Waals surface area contributed by atoms with Gasteiger partial charge in [0.2, 0.25) is 0 Å². The molecule has 2 saturated carbocycles. The van der Waals surface area contributed by atoms with Gasteiger partial charge in [0, 0.05) is 39.8 Å². The van der Waals surface area contributed by atoms with Gasteiger partial charge in [-0.3, -0.25) is 29.0 Å². The molecule has 7 rings (SSSR count). The highest BCUT2D eigenvalue weighted by Crippen LogP contribution is 2.70. The number of benzene rings is 2. The van der Waals surface area contributed by atoms with Crippen LogP contribution in [0, 0.1) is 17.3 Å². The van der Waals surface area contributed by atoms with Gasteiger partial charge in [0.1, 0.15) is 42.0 Å². The summed E-state index contributed by atoms with van der Waals surface area (Å²) < 4.78 is 56.6. The zero-order chi connectivity index (χ0) is 48.8. The highest BCUT2D eigenvalue weighted by atomic mass is 16.7. The predicted molar refractivity (Wildman–Crippen MR) is 225 cm³/mol. The van der Waals surface area contributed by atoms with E-state index in [1.807, 2.05) is 0 Å². The van der Waals surface area contributed by atoms with Crippen LogP contribution in [-0.2, 0) is 66.6 Å². The number of hydrogen-bond donors (Lipinski definition) is 1. The molecule has 2 aliphatic heterocycles. The van der Waals surface area contributed by atoms with Gasteiger partial charge in [0.15, 0.2) is 30.0 Å². The monoisotopic (exact) mass is 929 g/mol. The van der Waals surface area contributed by atoms with Crippen molar-refractivity contribution in [3.05, 3.63) is 101 Å². The number of nitrogens with zero attached hydrogens (tertiary/aromatic N) is 1. The Kier molecular flexibility index (Phi) is 13.1. The predicted octanol–water partition coefficient (Wildman–Crippen LogP) is 3.62. The third-order valence-electron chi connectivity index (χ3n) is 13.3. The summed E-state index contributed by atoms with van der Waals surface area (Å²) >= 11 is 0. The van der Waals surface area contributed by atoms with E-state index in [-0.39, 0.29) is 22.4 Å². The minimum atomic E-state index is -2.91. The van der Waals surface area contributed by atoms with Crippen molar-refractivity contribution in [3.8, 4) is 0 Å². The van der Waals surface area contributed by atoms with Gasteiger partial charge in [0.25, 0.3) is 0 Å². The molecule has 3 fully saturated rings. The number of carbonyl (C=O) groups excluding carboxylic acids is 8. The van der Waals surface area contributed by atoms with Crippen LogP contribution in [0.3, 0.4) is 0 Å². The SMILES string of the molecule is CC(=O)OC[C@]12[C@H](OC(C)=O)[C@H](OC(C)=O)[C@@H]3[C@@H](OC(=O)c4ccccc4)[C@]14O[C@@]3(C)COC(=O)c1cccnc1[C@H](C)[C@H](C)C(=O)O[C@@H]([C@@H](OC(C)=O)[C@@H]2OC(=O)c1ccccc1)[C@]4(C)O. The third-order valence-corrected chi connectivity index (χ3v) is 13.3. The maximum Gasteiger partial charge on any atom is 0.340 e. The molecule has 0 amide bonds. The molecule has 3 aromatic rings. The Bertz CT molecular complexity index is 2460. The Morgan fingerprint density at radius 2 is 1.22 bits per heavy atom. The first-order valence-corrected chi connectivity index (χ1v) is 21.5. The second-order valence-corrected chi connectivity index (χ2v) is 17.7. The number of rotatable bonds is 9. The molecular weight excluding hydrogens is 879 g/mol. The molecule has 19 nitrogen and oxygen atoms in total. The summed E-state index contributed by atoms with van der Waals surface area (Å²) in [6.07, 6.45) is -11.1. The second-order valence-electron chi connectivity index (χ2n) is 17.7. The van der Waals surface area contributed by atoms with Gasteiger partial charge in [0.05, 0.1) is 34.2 Å². The fourth-order valence-corrected chi connectivity index (χ4v) is 10.4. The first-order chi connectivity index (χ1) is 31.6. The van der Waals surface area contributed by atoms with Gasteiger partial charge in [-0.05, 0) is 50.2 Å². The summed E-state index contributed by atoms with van der Waals surface area (Å²) in [4.78, 5) is 116. The molecular formula is C48H51NO18. The van der Waals surface area contributed by atoms with E-state index < -0.39 is 138 Å². The van der Waals surface area contributed by atoms with Crippen LogP contribution in [0.1, 0.15) is 98.1 Å². The van der Waals surface area contributed by atoms with Crippen LogP contribution in [0.25, 0.3) is 0 Å². The first-order valence-electron chi connectivity index (χ1n) is 21.5. The van der Waals surface area contributed by atoms with E-state index in [0.29, 0.717) is 0 Å². The lowest BCUT2D eigenvalue weighted by molar-refractivity contribution is -0.385. The molecule has 1 spiro atoms. The fraction of sp³-hybridized carbons (Fsp3) is 0.479. The lowest BCUT2D eigenvalue weighted by Crippen LogP contribution is -2.89. The number of fused-ring (bicyclic) bond motifs is 5. The smallest absolute Gasteiger partial charge is 0.340 e. The summed E-state index contributed by atoms with van der Waals surface area (Å²) in [5.41, 5.74) is -10.7. The Morgan fingerprint density at radius 3 is 1.78 bits per heavy atom. The van der Waals surface area contributed by atoms with E-state index >= 15 is 0 Å². The van der Waals surface area contributed by atoms with Crippen LogP contribution in [0.2, 0.25) is 0 Å².